The molecule has 2 aromatic rings. The van der Waals surface area contributed by atoms with Gasteiger partial charge in [0.25, 0.3) is 5.91 Å². The first-order chi connectivity index (χ1) is 12.7. The largest absolute Gasteiger partial charge is 0.493 e. The van der Waals surface area contributed by atoms with E-state index in [0.717, 1.165) is 62.6 Å². The molecule has 1 amide bonds. The van der Waals surface area contributed by atoms with E-state index in [4.69, 9.17) is 4.74 Å². The summed E-state index contributed by atoms with van der Waals surface area (Å²) in [6.07, 6.45) is 2.11. The third-order valence-corrected chi connectivity index (χ3v) is 5.26. The van der Waals surface area contributed by atoms with Gasteiger partial charge < -0.3 is 15.0 Å². The fourth-order valence-electron chi connectivity index (χ4n) is 3.77. The number of para-hydroxylation sites is 1. The maximum Gasteiger partial charge on any atom is 0.274 e. The van der Waals surface area contributed by atoms with Gasteiger partial charge in [-0.15, -0.1) is 0 Å². The lowest BCUT2D eigenvalue weighted by molar-refractivity contribution is 0.0626. The smallest absolute Gasteiger partial charge is 0.274 e. The van der Waals surface area contributed by atoms with Gasteiger partial charge in [-0.3, -0.25) is 9.48 Å². The van der Waals surface area contributed by atoms with Gasteiger partial charge in [-0.1, -0.05) is 18.2 Å². The molecule has 1 fully saturated rings. The molecular formula is C20H26N4O2. The molecule has 26 heavy (non-hydrogen) atoms. The van der Waals surface area contributed by atoms with Crippen molar-refractivity contribution in [1.82, 2.24) is 20.0 Å². The number of benzene rings is 1. The molecule has 6 heteroatoms. The molecule has 0 unspecified atom stereocenters. The second kappa shape index (κ2) is 7.50. The second-order valence-electron chi connectivity index (χ2n) is 7.26. The second-order valence-corrected chi connectivity index (χ2v) is 7.26. The van der Waals surface area contributed by atoms with Crippen molar-refractivity contribution in [1.29, 1.82) is 0 Å². The van der Waals surface area contributed by atoms with Crippen molar-refractivity contribution in [2.45, 2.75) is 32.9 Å². The van der Waals surface area contributed by atoms with Crippen molar-refractivity contribution < 1.29 is 9.53 Å². The van der Waals surface area contributed by atoms with Gasteiger partial charge >= 0.3 is 0 Å². The molecule has 0 aliphatic carbocycles. The fourth-order valence-corrected chi connectivity index (χ4v) is 3.77. The van der Waals surface area contributed by atoms with Crippen molar-refractivity contribution >= 4 is 5.91 Å². The summed E-state index contributed by atoms with van der Waals surface area (Å²) in [5, 5.41) is 7.82. The number of carbonyl (C=O) groups excluding carboxylic acids is 1. The van der Waals surface area contributed by atoms with Gasteiger partial charge in [-0.25, -0.2) is 0 Å². The zero-order valence-corrected chi connectivity index (χ0v) is 15.3. The summed E-state index contributed by atoms with van der Waals surface area (Å²) in [5.41, 5.74) is 2.81. The molecule has 1 N–H and O–H groups in total. The zero-order valence-electron chi connectivity index (χ0n) is 15.3. The quantitative estimate of drug-likeness (QED) is 0.915. The Bertz CT molecular complexity index is 762. The molecule has 1 aromatic carbocycles. The molecule has 1 saturated heterocycles. The number of ether oxygens (including phenoxy) is 1. The molecule has 1 atom stereocenters. The Morgan fingerprint density at radius 1 is 1.35 bits per heavy atom. The van der Waals surface area contributed by atoms with Gasteiger partial charge in [0.05, 0.1) is 18.8 Å². The summed E-state index contributed by atoms with van der Waals surface area (Å²) in [4.78, 5) is 14.8. The highest BCUT2D eigenvalue weighted by atomic mass is 16.5. The average molecular weight is 354 g/mol. The van der Waals surface area contributed by atoms with Gasteiger partial charge in [0.15, 0.2) is 5.69 Å². The van der Waals surface area contributed by atoms with Gasteiger partial charge in [0.2, 0.25) is 0 Å². The third kappa shape index (κ3) is 3.60. The first kappa shape index (κ1) is 17.1. The topological polar surface area (TPSA) is 59.4 Å². The number of nitrogens with one attached hydrogen (secondary N) is 1. The highest BCUT2D eigenvalue weighted by Gasteiger charge is 2.27. The Morgan fingerprint density at radius 3 is 3.08 bits per heavy atom. The molecule has 3 heterocycles. The summed E-state index contributed by atoms with van der Waals surface area (Å²) in [6.45, 7) is 6.78. The van der Waals surface area contributed by atoms with Crippen LogP contribution in [0.15, 0.2) is 30.3 Å². The molecule has 1 aromatic heterocycles. The Morgan fingerprint density at radius 2 is 2.23 bits per heavy atom. The number of fused-ring (bicyclic) bond motifs is 1. The summed E-state index contributed by atoms with van der Waals surface area (Å²) in [6, 6.07) is 10.0. The highest BCUT2D eigenvalue weighted by molar-refractivity contribution is 5.92. The van der Waals surface area contributed by atoms with E-state index in [1.807, 2.05) is 33.8 Å². The number of aryl methyl sites for hydroxylation is 1. The lowest BCUT2D eigenvalue weighted by Crippen LogP contribution is -2.41. The van der Waals surface area contributed by atoms with E-state index in [1.165, 1.54) is 0 Å². The molecule has 2 aliphatic heterocycles. The minimum atomic E-state index is 0.0486. The van der Waals surface area contributed by atoms with Crippen LogP contribution in [0, 0.1) is 12.8 Å². The summed E-state index contributed by atoms with van der Waals surface area (Å²) < 4.78 is 7.96. The predicted molar refractivity (Wildman–Crippen MR) is 99.2 cm³/mol. The number of carbonyl (C=O) groups is 1. The average Bonchev–Trinajstić information content (AvgIpc) is 3.11. The molecular weight excluding hydrogens is 328 g/mol. The molecule has 2 aliphatic rings. The van der Waals surface area contributed by atoms with Gasteiger partial charge in [0, 0.05) is 32.1 Å². The van der Waals surface area contributed by atoms with Crippen molar-refractivity contribution in [3.05, 3.63) is 47.3 Å². The molecule has 138 valence electrons. The van der Waals surface area contributed by atoms with E-state index in [0.29, 0.717) is 18.2 Å². The van der Waals surface area contributed by atoms with E-state index < -0.39 is 0 Å². The standard InChI is InChI=1S/C20H26N4O2/c1-15-5-2-3-7-19(15)26-14-16-6-4-9-23(13-16)20(25)18-11-17-12-21-8-10-24(17)22-18/h2-3,5,7,11,16,21H,4,6,8-10,12-14H2,1H3/t16-/m0/s1. The van der Waals surface area contributed by atoms with E-state index in [2.05, 4.69) is 23.4 Å². The Kier molecular flexibility index (Phi) is 4.93. The number of amides is 1. The van der Waals surface area contributed by atoms with Crippen LogP contribution >= 0.6 is 0 Å². The summed E-state index contributed by atoms with van der Waals surface area (Å²) in [7, 11) is 0. The first-order valence-corrected chi connectivity index (χ1v) is 9.46. The van der Waals surface area contributed by atoms with Crippen LogP contribution in [0.2, 0.25) is 0 Å². The van der Waals surface area contributed by atoms with Gasteiger partial charge in [0.1, 0.15) is 5.75 Å². The number of hydrogen-bond acceptors (Lipinski definition) is 4. The van der Waals surface area contributed by atoms with Crippen LogP contribution in [0.5, 0.6) is 5.75 Å². The van der Waals surface area contributed by atoms with Gasteiger partial charge in [-0.05, 0) is 37.5 Å². The van der Waals surface area contributed by atoms with Crippen LogP contribution in [-0.2, 0) is 13.1 Å². The van der Waals surface area contributed by atoms with E-state index in [-0.39, 0.29) is 5.91 Å². The number of nitrogens with zero attached hydrogens (tertiary/aromatic N) is 3. The van der Waals surface area contributed by atoms with Crippen LogP contribution in [0.1, 0.15) is 34.6 Å². The number of likely N-dealkylation sites (tertiary alicyclic amines) is 1. The molecule has 6 nitrogen and oxygen atoms in total. The number of rotatable bonds is 4. The van der Waals surface area contributed by atoms with Gasteiger partial charge in [-0.2, -0.15) is 5.10 Å². The molecule has 0 spiro atoms. The summed E-state index contributed by atoms with van der Waals surface area (Å²) in [5.74, 6) is 1.35. The normalized spacial score (nSPS) is 19.9. The molecule has 0 radical (unpaired) electrons. The van der Waals surface area contributed by atoms with E-state index >= 15 is 0 Å². The minimum Gasteiger partial charge on any atom is -0.493 e. The SMILES string of the molecule is Cc1ccccc1OC[C@H]1CCCN(C(=O)c2cc3n(n2)CCNC3)C1. The minimum absolute atomic E-state index is 0.0486. The molecule has 4 rings (SSSR count). The fraction of sp³-hybridized carbons (Fsp3) is 0.500. The molecule has 0 saturated carbocycles. The molecule has 0 bridgehead atoms. The third-order valence-electron chi connectivity index (χ3n) is 5.26. The van der Waals surface area contributed by atoms with Crippen LogP contribution in [0.3, 0.4) is 0 Å². The van der Waals surface area contributed by atoms with E-state index in [1.54, 1.807) is 0 Å². The Balaban J connectivity index is 1.37. The van der Waals surface area contributed by atoms with Crippen molar-refractivity contribution in [2.75, 3.05) is 26.2 Å². The van der Waals surface area contributed by atoms with Crippen LogP contribution in [0.4, 0.5) is 0 Å². The lowest BCUT2D eigenvalue weighted by atomic mass is 9.98. The first-order valence-electron chi connectivity index (χ1n) is 9.46. The monoisotopic (exact) mass is 354 g/mol. The van der Waals surface area contributed by atoms with Crippen molar-refractivity contribution in [3.63, 3.8) is 0 Å². The summed E-state index contributed by atoms with van der Waals surface area (Å²) >= 11 is 0. The number of hydrogen-bond donors (Lipinski definition) is 1. The Labute approximate surface area is 154 Å². The maximum absolute atomic E-state index is 12.9. The van der Waals surface area contributed by atoms with Crippen LogP contribution < -0.4 is 10.1 Å². The zero-order chi connectivity index (χ0) is 17.9. The Hall–Kier alpha value is -2.34. The van der Waals surface area contributed by atoms with E-state index in [9.17, 15) is 4.79 Å². The van der Waals surface area contributed by atoms with Crippen molar-refractivity contribution in [3.8, 4) is 5.75 Å². The number of aromatic nitrogens is 2. The maximum atomic E-state index is 12.9. The van der Waals surface area contributed by atoms with Crippen molar-refractivity contribution in [2.24, 2.45) is 5.92 Å². The highest BCUT2D eigenvalue weighted by Crippen LogP contribution is 2.22. The predicted octanol–water partition coefficient (Wildman–Crippen LogP) is 2.23. The van der Waals surface area contributed by atoms with Crippen LogP contribution in [0.25, 0.3) is 0 Å². The lowest BCUT2D eigenvalue weighted by Gasteiger charge is -2.32. The number of piperidine rings is 1. The van der Waals surface area contributed by atoms with Crippen LogP contribution in [-0.4, -0.2) is 46.8 Å².